The molecule has 1 amide bonds. The van der Waals surface area contributed by atoms with Gasteiger partial charge in [-0.25, -0.2) is 10.5 Å². The van der Waals surface area contributed by atoms with E-state index in [2.05, 4.69) is 0 Å². The maximum atomic E-state index is 11.3. The molecule has 0 aliphatic carbocycles. The lowest BCUT2D eigenvalue weighted by molar-refractivity contribution is -0.124. The van der Waals surface area contributed by atoms with E-state index in [9.17, 15) is 9.90 Å². The Labute approximate surface area is 173 Å². The Hall–Kier alpha value is -3.74. The normalized spacial score (nSPS) is 12.3. The second-order valence-corrected chi connectivity index (χ2v) is 6.90. The number of amides is 1. The van der Waals surface area contributed by atoms with Crippen LogP contribution in [0.15, 0.2) is 84.9 Å². The van der Waals surface area contributed by atoms with Gasteiger partial charge in [-0.2, -0.15) is 0 Å². The van der Waals surface area contributed by atoms with Gasteiger partial charge in [0.2, 0.25) is 0 Å². The van der Waals surface area contributed by atoms with Crippen LogP contribution in [-0.2, 0) is 11.3 Å². The predicted molar refractivity (Wildman–Crippen MR) is 116 cm³/mol. The molecule has 3 N–H and O–H groups in total. The third-order valence-corrected chi connectivity index (χ3v) is 4.88. The fourth-order valence-corrected chi connectivity index (χ4v) is 3.42. The molecule has 0 aliphatic rings. The number of aliphatic hydroxyl groups is 1. The van der Waals surface area contributed by atoms with E-state index in [0.29, 0.717) is 6.54 Å². The first-order chi connectivity index (χ1) is 14.7. The molecule has 1 heterocycles. The summed E-state index contributed by atoms with van der Waals surface area (Å²) >= 11 is 0. The van der Waals surface area contributed by atoms with Gasteiger partial charge in [-0.1, -0.05) is 60.7 Å². The number of aromatic nitrogens is 2. The highest BCUT2D eigenvalue weighted by molar-refractivity contribution is 5.91. The molecule has 0 fully saturated rings. The Balaban J connectivity index is 1.75. The topological polar surface area (TPSA) is 87.4 Å². The second kappa shape index (κ2) is 8.73. The van der Waals surface area contributed by atoms with Crippen molar-refractivity contribution in [3.8, 4) is 11.4 Å². The minimum Gasteiger partial charge on any atom is -0.387 e. The minimum atomic E-state index is -0.682. The first kappa shape index (κ1) is 19.6. The third kappa shape index (κ3) is 4.15. The molecule has 1 aromatic heterocycles. The quantitative estimate of drug-likeness (QED) is 0.260. The number of nitrogens with zero attached hydrogens (tertiary/aromatic N) is 2. The summed E-state index contributed by atoms with van der Waals surface area (Å²) in [6, 6.07) is 24.9. The second-order valence-electron chi connectivity index (χ2n) is 6.90. The molecule has 1 unspecified atom stereocenters. The average molecular weight is 399 g/mol. The van der Waals surface area contributed by atoms with Gasteiger partial charge in [0.25, 0.3) is 5.91 Å². The Bertz CT molecular complexity index is 1200. The van der Waals surface area contributed by atoms with Gasteiger partial charge >= 0.3 is 0 Å². The maximum Gasteiger partial charge on any atom is 0.267 e. The highest BCUT2D eigenvalue weighted by Crippen LogP contribution is 2.28. The van der Waals surface area contributed by atoms with Crippen molar-refractivity contribution in [1.82, 2.24) is 15.0 Å². The molecule has 0 saturated heterocycles. The molecule has 0 bridgehead atoms. The molecule has 3 aromatic carbocycles. The zero-order valence-corrected chi connectivity index (χ0v) is 16.1. The van der Waals surface area contributed by atoms with Crippen LogP contribution >= 0.6 is 0 Å². The van der Waals surface area contributed by atoms with E-state index in [1.165, 1.54) is 6.08 Å². The SMILES string of the molecule is O=C(C=Cc1cccc(-c2nc3ccccc3n2CC(O)c2ccccc2)c1)NO. The number of carbonyl (C=O) groups is 1. The molecule has 150 valence electrons. The van der Waals surface area contributed by atoms with Crippen LogP contribution < -0.4 is 5.48 Å². The number of fused-ring (bicyclic) bond motifs is 1. The first-order valence-corrected chi connectivity index (χ1v) is 9.56. The molecule has 0 aliphatic heterocycles. The van der Waals surface area contributed by atoms with Crippen LogP contribution in [0.2, 0.25) is 0 Å². The predicted octanol–water partition coefficient (Wildman–Crippen LogP) is 3.96. The number of para-hydroxylation sites is 2. The van der Waals surface area contributed by atoms with E-state index < -0.39 is 12.0 Å². The number of carbonyl (C=O) groups excluding carboxylic acids is 1. The van der Waals surface area contributed by atoms with Gasteiger partial charge in [0.05, 0.1) is 23.7 Å². The van der Waals surface area contributed by atoms with Gasteiger partial charge in [-0.3, -0.25) is 10.0 Å². The molecule has 4 aromatic rings. The van der Waals surface area contributed by atoms with Crippen LogP contribution in [0.25, 0.3) is 28.5 Å². The van der Waals surface area contributed by atoms with Crippen molar-refractivity contribution in [2.24, 2.45) is 0 Å². The third-order valence-electron chi connectivity index (χ3n) is 4.88. The van der Waals surface area contributed by atoms with Crippen molar-refractivity contribution >= 4 is 23.0 Å². The number of benzene rings is 3. The van der Waals surface area contributed by atoms with Gasteiger partial charge in [0.15, 0.2) is 0 Å². The van der Waals surface area contributed by atoms with Crippen molar-refractivity contribution in [3.05, 3.63) is 96.1 Å². The number of rotatable bonds is 6. The Morgan fingerprint density at radius 2 is 1.80 bits per heavy atom. The summed E-state index contributed by atoms with van der Waals surface area (Å²) in [6.45, 7) is 0.354. The van der Waals surface area contributed by atoms with E-state index in [4.69, 9.17) is 10.2 Å². The number of imidazole rings is 1. The van der Waals surface area contributed by atoms with Gasteiger partial charge in [-0.05, 0) is 35.4 Å². The van der Waals surface area contributed by atoms with Gasteiger partial charge in [-0.15, -0.1) is 0 Å². The Kier molecular flexibility index (Phi) is 5.70. The molecular weight excluding hydrogens is 378 g/mol. The Morgan fingerprint density at radius 3 is 2.60 bits per heavy atom. The molecule has 6 heteroatoms. The van der Waals surface area contributed by atoms with Gasteiger partial charge in [0, 0.05) is 11.6 Å². The zero-order valence-electron chi connectivity index (χ0n) is 16.1. The monoisotopic (exact) mass is 399 g/mol. The fraction of sp³-hybridized carbons (Fsp3) is 0.0833. The van der Waals surface area contributed by atoms with Gasteiger partial charge in [0.1, 0.15) is 5.82 Å². The summed E-state index contributed by atoms with van der Waals surface area (Å²) < 4.78 is 2.01. The summed E-state index contributed by atoms with van der Waals surface area (Å²) in [5, 5.41) is 19.5. The summed E-state index contributed by atoms with van der Waals surface area (Å²) in [5.74, 6) is 0.131. The number of aliphatic hydroxyl groups excluding tert-OH is 1. The Morgan fingerprint density at radius 1 is 1.03 bits per heavy atom. The first-order valence-electron chi connectivity index (χ1n) is 9.56. The number of hydrogen-bond acceptors (Lipinski definition) is 4. The van der Waals surface area contributed by atoms with Crippen LogP contribution in [0, 0.1) is 0 Å². The van der Waals surface area contributed by atoms with Crippen molar-refractivity contribution in [2.75, 3.05) is 0 Å². The summed E-state index contributed by atoms with van der Waals surface area (Å²) in [5.41, 5.74) is 5.84. The lowest BCUT2D eigenvalue weighted by Crippen LogP contribution is -2.14. The van der Waals surface area contributed by atoms with Crippen molar-refractivity contribution < 1.29 is 15.1 Å². The standard InChI is InChI=1S/C24H21N3O3/c28-22(18-8-2-1-3-9-18)16-27-21-12-5-4-11-20(21)25-24(27)19-10-6-7-17(15-19)13-14-23(29)26-30/h1-15,22,28,30H,16H2,(H,26,29). The van der Waals surface area contributed by atoms with E-state index in [-0.39, 0.29) is 0 Å². The number of nitrogens with one attached hydrogen (secondary N) is 1. The smallest absolute Gasteiger partial charge is 0.267 e. The highest BCUT2D eigenvalue weighted by Gasteiger charge is 2.16. The molecule has 0 spiro atoms. The minimum absolute atomic E-state index is 0.354. The molecule has 1 atom stereocenters. The van der Waals surface area contributed by atoms with Crippen LogP contribution in [0.5, 0.6) is 0 Å². The van der Waals surface area contributed by atoms with E-state index in [0.717, 1.165) is 33.5 Å². The summed E-state index contributed by atoms with van der Waals surface area (Å²) in [7, 11) is 0. The van der Waals surface area contributed by atoms with Gasteiger partial charge < -0.3 is 9.67 Å². The van der Waals surface area contributed by atoms with E-state index >= 15 is 0 Å². The molecule has 4 rings (SSSR count). The number of hydrogen-bond donors (Lipinski definition) is 3. The maximum absolute atomic E-state index is 11.3. The average Bonchev–Trinajstić information content (AvgIpc) is 3.16. The lowest BCUT2D eigenvalue weighted by Gasteiger charge is -2.15. The highest BCUT2D eigenvalue weighted by atomic mass is 16.5. The van der Waals surface area contributed by atoms with Crippen LogP contribution in [-0.4, -0.2) is 25.8 Å². The van der Waals surface area contributed by atoms with Crippen molar-refractivity contribution in [3.63, 3.8) is 0 Å². The lowest BCUT2D eigenvalue weighted by atomic mass is 10.1. The van der Waals surface area contributed by atoms with Crippen molar-refractivity contribution in [2.45, 2.75) is 12.6 Å². The molecule has 0 radical (unpaired) electrons. The van der Waals surface area contributed by atoms with Crippen molar-refractivity contribution in [1.29, 1.82) is 0 Å². The zero-order chi connectivity index (χ0) is 20.9. The molecule has 30 heavy (non-hydrogen) atoms. The van der Waals surface area contributed by atoms with Crippen LogP contribution in [0.3, 0.4) is 0 Å². The molecular formula is C24H21N3O3. The molecule has 6 nitrogen and oxygen atoms in total. The van der Waals surface area contributed by atoms with Crippen LogP contribution in [0.1, 0.15) is 17.2 Å². The summed E-state index contributed by atoms with van der Waals surface area (Å²) in [4.78, 5) is 16.1. The fourth-order valence-electron chi connectivity index (χ4n) is 3.42. The van der Waals surface area contributed by atoms with E-state index in [1.807, 2.05) is 83.4 Å². The number of hydroxylamine groups is 1. The summed E-state index contributed by atoms with van der Waals surface area (Å²) in [6.07, 6.45) is 2.18. The van der Waals surface area contributed by atoms with E-state index in [1.54, 1.807) is 11.6 Å². The van der Waals surface area contributed by atoms with Crippen LogP contribution in [0.4, 0.5) is 0 Å². The molecule has 0 saturated carbocycles. The largest absolute Gasteiger partial charge is 0.387 e.